The standard InChI is InChI=1S/C9H17NO2/c1-7(11)5-8(10)9(2,3)6-12-4/h10H,5-6H2,1-4H3. The molecule has 0 saturated carbocycles. The Morgan fingerprint density at radius 3 is 2.33 bits per heavy atom. The van der Waals surface area contributed by atoms with Gasteiger partial charge in [0.1, 0.15) is 5.78 Å². The highest BCUT2D eigenvalue weighted by Crippen LogP contribution is 2.18. The molecule has 70 valence electrons. The number of carbonyl (C=O) groups excluding carboxylic acids is 1. The number of carbonyl (C=O) groups is 1. The molecule has 1 N–H and O–H groups in total. The van der Waals surface area contributed by atoms with E-state index in [0.29, 0.717) is 12.3 Å². The van der Waals surface area contributed by atoms with E-state index in [9.17, 15) is 4.79 Å². The molecule has 0 aliphatic rings. The first kappa shape index (κ1) is 11.3. The zero-order valence-electron chi connectivity index (χ0n) is 8.23. The van der Waals surface area contributed by atoms with Gasteiger partial charge >= 0.3 is 0 Å². The number of nitrogens with one attached hydrogen (secondary N) is 1. The summed E-state index contributed by atoms with van der Waals surface area (Å²) in [7, 11) is 1.60. The monoisotopic (exact) mass is 171 g/mol. The van der Waals surface area contributed by atoms with Gasteiger partial charge in [0.05, 0.1) is 6.61 Å². The highest BCUT2D eigenvalue weighted by Gasteiger charge is 2.24. The Kier molecular flexibility index (Phi) is 4.10. The summed E-state index contributed by atoms with van der Waals surface area (Å²) in [5.74, 6) is 0.0316. The molecule has 0 spiro atoms. The minimum absolute atomic E-state index is 0.0316. The summed E-state index contributed by atoms with van der Waals surface area (Å²) >= 11 is 0. The summed E-state index contributed by atoms with van der Waals surface area (Å²) in [6.07, 6.45) is 0.232. The summed E-state index contributed by atoms with van der Waals surface area (Å²) in [5.41, 5.74) is 0.123. The average Bonchev–Trinajstić information content (AvgIpc) is 1.85. The predicted molar refractivity (Wildman–Crippen MR) is 48.7 cm³/mol. The van der Waals surface area contributed by atoms with Crippen LogP contribution < -0.4 is 0 Å². The fourth-order valence-electron chi connectivity index (χ4n) is 0.936. The maximum absolute atomic E-state index is 10.7. The molecule has 0 aromatic rings. The van der Waals surface area contributed by atoms with Crippen LogP contribution in [0.5, 0.6) is 0 Å². The zero-order chi connectivity index (χ0) is 9.78. The number of rotatable bonds is 5. The van der Waals surface area contributed by atoms with Crippen molar-refractivity contribution in [1.29, 1.82) is 5.41 Å². The fourth-order valence-corrected chi connectivity index (χ4v) is 0.936. The summed E-state index contributed by atoms with van der Waals surface area (Å²) < 4.78 is 4.96. The number of ether oxygens (including phenoxy) is 1. The van der Waals surface area contributed by atoms with Gasteiger partial charge in [-0.25, -0.2) is 0 Å². The maximum Gasteiger partial charge on any atom is 0.135 e. The van der Waals surface area contributed by atoms with Gasteiger partial charge in [-0.2, -0.15) is 0 Å². The Bertz CT molecular complexity index is 185. The largest absolute Gasteiger partial charge is 0.384 e. The normalized spacial score (nSPS) is 11.3. The van der Waals surface area contributed by atoms with Crippen LogP contribution in [0.1, 0.15) is 27.2 Å². The van der Waals surface area contributed by atoms with Crippen molar-refractivity contribution in [3.63, 3.8) is 0 Å². The van der Waals surface area contributed by atoms with E-state index in [1.165, 1.54) is 6.92 Å². The SMILES string of the molecule is COCC(C)(C)C(=N)CC(C)=O. The quantitative estimate of drug-likeness (QED) is 0.639. The lowest BCUT2D eigenvalue weighted by Crippen LogP contribution is -2.29. The van der Waals surface area contributed by atoms with Gasteiger partial charge < -0.3 is 10.1 Å². The summed E-state index contributed by atoms with van der Waals surface area (Å²) in [6, 6.07) is 0. The number of hydrogen-bond donors (Lipinski definition) is 1. The molecule has 3 nitrogen and oxygen atoms in total. The lowest BCUT2D eigenvalue weighted by Gasteiger charge is -2.23. The van der Waals surface area contributed by atoms with Crippen molar-refractivity contribution in [3.05, 3.63) is 0 Å². The lowest BCUT2D eigenvalue weighted by molar-refractivity contribution is -0.116. The zero-order valence-corrected chi connectivity index (χ0v) is 8.23. The van der Waals surface area contributed by atoms with Crippen LogP contribution in [0, 0.1) is 10.8 Å². The van der Waals surface area contributed by atoms with E-state index < -0.39 is 0 Å². The van der Waals surface area contributed by atoms with Gasteiger partial charge in [-0.15, -0.1) is 0 Å². The van der Waals surface area contributed by atoms with Gasteiger partial charge in [0.25, 0.3) is 0 Å². The maximum atomic E-state index is 10.7. The number of Topliss-reactive ketones (excluding diaryl/α,β-unsaturated/α-hetero) is 1. The van der Waals surface area contributed by atoms with Crippen molar-refractivity contribution in [2.45, 2.75) is 27.2 Å². The van der Waals surface area contributed by atoms with Crippen LogP contribution in [-0.2, 0) is 9.53 Å². The van der Waals surface area contributed by atoms with Crippen LogP contribution >= 0.6 is 0 Å². The predicted octanol–water partition coefficient (Wildman–Crippen LogP) is 1.66. The van der Waals surface area contributed by atoms with E-state index in [1.807, 2.05) is 13.8 Å². The van der Waals surface area contributed by atoms with E-state index in [-0.39, 0.29) is 17.6 Å². The molecule has 0 atom stereocenters. The molecular formula is C9H17NO2. The molecule has 0 saturated heterocycles. The van der Waals surface area contributed by atoms with E-state index in [0.717, 1.165) is 0 Å². The number of hydrogen-bond acceptors (Lipinski definition) is 3. The second-order valence-electron chi connectivity index (χ2n) is 3.67. The van der Waals surface area contributed by atoms with Gasteiger partial charge in [0, 0.05) is 24.7 Å². The molecule has 12 heavy (non-hydrogen) atoms. The van der Waals surface area contributed by atoms with Crippen LogP contribution in [0.25, 0.3) is 0 Å². The van der Waals surface area contributed by atoms with Crippen molar-refractivity contribution < 1.29 is 9.53 Å². The van der Waals surface area contributed by atoms with Crippen LogP contribution in [0.3, 0.4) is 0 Å². The molecule has 0 unspecified atom stereocenters. The Morgan fingerprint density at radius 2 is 2.00 bits per heavy atom. The molecule has 3 heteroatoms. The molecule has 0 aliphatic carbocycles. The average molecular weight is 171 g/mol. The van der Waals surface area contributed by atoms with Crippen molar-refractivity contribution >= 4 is 11.5 Å². The molecule has 0 amide bonds. The number of ketones is 1. The van der Waals surface area contributed by atoms with Crippen LogP contribution in [0.2, 0.25) is 0 Å². The Morgan fingerprint density at radius 1 is 1.50 bits per heavy atom. The van der Waals surface area contributed by atoms with Gasteiger partial charge in [-0.1, -0.05) is 13.8 Å². The first-order valence-corrected chi connectivity index (χ1v) is 3.96. The number of methoxy groups -OCH3 is 1. The van der Waals surface area contributed by atoms with Crippen LogP contribution in [0.4, 0.5) is 0 Å². The topological polar surface area (TPSA) is 50.1 Å². The highest BCUT2D eigenvalue weighted by molar-refractivity contribution is 6.02. The lowest BCUT2D eigenvalue weighted by atomic mass is 9.86. The van der Waals surface area contributed by atoms with Crippen molar-refractivity contribution in [2.24, 2.45) is 5.41 Å². The fraction of sp³-hybridized carbons (Fsp3) is 0.778. The smallest absolute Gasteiger partial charge is 0.135 e. The van der Waals surface area contributed by atoms with E-state index in [1.54, 1.807) is 7.11 Å². The molecule has 0 aromatic carbocycles. The summed E-state index contributed by atoms with van der Waals surface area (Å²) in [6.45, 7) is 5.79. The Labute approximate surface area is 73.6 Å². The Hall–Kier alpha value is -0.700. The summed E-state index contributed by atoms with van der Waals surface area (Å²) in [5, 5.41) is 7.62. The molecule has 0 rings (SSSR count). The Balaban J connectivity index is 4.15. The van der Waals surface area contributed by atoms with Crippen LogP contribution in [0.15, 0.2) is 0 Å². The third kappa shape index (κ3) is 3.62. The minimum atomic E-state index is -0.319. The first-order chi connectivity index (χ1) is 5.40. The van der Waals surface area contributed by atoms with Crippen molar-refractivity contribution in [3.8, 4) is 0 Å². The first-order valence-electron chi connectivity index (χ1n) is 3.96. The third-order valence-corrected chi connectivity index (χ3v) is 1.75. The van der Waals surface area contributed by atoms with Gasteiger partial charge in [0.2, 0.25) is 0 Å². The molecule has 0 bridgehead atoms. The van der Waals surface area contributed by atoms with Gasteiger partial charge in [-0.05, 0) is 6.92 Å². The molecule has 0 heterocycles. The molecule has 0 fully saturated rings. The van der Waals surface area contributed by atoms with Gasteiger partial charge in [-0.3, -0.25) is 4.79 Å². The second-order valence-corrected chi connectivity index (χ2v) is 3.67. The van der Waals surface area contributed by atoms with E-state index >= 15 is 0 Å². The third-order valence-electron chi connectivity index (χ3n) is 1.75. The molecule has 0 radical (unpaired) electrons. The highest BCUT2D eigenvalue weighted by atomic mass is 16.5. The van der Waals surface area contributed by atoms with E-state index in [2.05, 4.69) is 0 Å². The van der Waals surface area contributed by atoms with Crippen molar-refractivity contribution in [1.82, 2.24) is 0 Å². The van der Waals surface area contributed by atoms with E-state index in [4.69, 9.17) is 10.1 Å². The molecular weight excluding hydrogens is 154 g/mol. The second kappa shape index (κ2) is 4.36. The van der Waals surface area contributed by atoms with Crippen LogP contribution in [-0.4, -0.2) is 25.2 Å². The van der Waals surface area contributed by atoms with Crippen molar-refractivity contribution in [2.75, 3.05) is 13.7 Å². The summed E-state index contributed by atoms with van der Waals surface area (Å²) in [4.78, 5) is 10.7. The molecule has 0 aliphatic heterocycles. The minimum Gasteiger partial charge on any atom is -0.384 e. The van der Waals surface area contributed by atoms with Gasteiger partial charge in [0.15, 0.2) is 0 Å². The molecule has 0 aromatic heterocycles.